The van der Waals surface area contributed by atoms with Crippen LogP contribution in [-0.2, 0) is 23.6 Å². The minimum Gasteiger partial charge on any atom is -0.465 e. The highest BCUT2D eigenvalue weighted by molar-refractivity contribution is 8.03. The maximum Gasteiger partial charge on any atom is 0.559 e. The molecule has 0 aromatic carbocycles. The number of rotatable bonds is 4. The molecule has 0 radical (unpaired) electrons. The quantitative estimate of drug-likeness (QED) is 0.545. The summed E-state index contributed by atoms with van der Waals surface area (Å²) < 4.78 is 24.0. The van der Waals surface area contributed by atoms with Gasteiger partial charge in [-0.15, -0.1) is 0 Å². The summed E-state index contributed by atoms with van der Waals surface area (Å²) in [6, 6.07) is -0.838. The molecule has 9 nitrogen and oxygen atoms in total. The van der Waals surface area contributed by atoms with Gasteiger partial charge in [0.1, 0.15) is 5.50 Å². The van der Waals surface area contributed by atoms with E-state index in [0.717, 1.165) is 4.91 Å². The highest BCUT2D eigenvalue weighted by atomic mass is 32.2. The number of cyclic esters (lactones) is 1. The number of nitrogens with zero attached hydrogens (tertiary/aromatic N) is 2. The Hall–Kier alpha value is -1.19. The van der Waals surface area contributed by atoms with Crippen molar-refractivity contribution >= 4 is 31.8 Å². The molecule has 0 bridgehead atoms. The number of esters is 2. The molecule has 2 aliphatic heterocycles. The third-order valence-corrected chi connectivity index (χ3v) is 6.21. The van der Waals surface area contributed by atoms with Crippen LogP contribution in [0.3, 0.4) is 0 Å². The topological polar surface area (TPSA) is 114 Å². The second kappa shape index (κ2) is 7.79. The first-order valence-corrected chi connectivity index (χ1v) is 9.66. The molecule has 11 heteroatoms. The Morgan fingerprint density at radius 3 is 2.79 bits per heavy atom. The summed E-state index contributed by atoms with van der Waals surface area (Å²) in [7, 11) is -2.24. The number of allylic oxidation sites excluding steroid dienone is 1. The van der Waals surface area contributed by atoms with Gasteiger partial charge in [-0.25, -0.2) is 9.80 Å². The van der Waals surface area contributed by atoms with Crippen LogP contribution in [0, 0.1) is 5.92 Å². The number of hydrazine groups is 1. The van der Waals surface area contributed by atoms with E-state index in [4.69, 9.17) is 15.2 Å². The van der Waals surface area contributed by atoms with E-state index in [1.165, 1.54) is 28.4 Å². The first-order chi connectivity index (χ1) is 11.3. The van der Waals surface area contributed by atoms with Crippen molar-refractivity contribution in [3.05, 3.63) is 10.6 Å². The molecule has 0 amide bonds. The van der Waals surface area contributed by atoms with Crippen LogP contribution >= 0.6 is 19.9 Å². The molecule has 2 aliphatic rings. The van der Waals surface area contributed by atoms with E-state index in [2.05, 4.69) is 5.20 Å². The van der Waals surface area contributed by atoms with Gasteiger partial charge in [-0.1, -0.05) is 25.6 Å². The van der Waals surface area contributed by atoms with Crippen LogP contribution < -0.4 is 10.9 Å². The summed E-state index contributed by atoms with van der Waals surface area (Å²) in [6.45, 7) is 7.01. The molecule has 2 unspecified atom stereocenters. The van der Waals surface area contributed by atoms with Crippen LogP contribution in [0.25, 0.3) is 0 Å². The highest BCUT2D eigenvalue weighted by Gasteiger charge is 2.48. The van der Waals surface area contributed by atoms with Crippen molar-refractivity contribution in [1.29, 1.82) is 0 Å². The Kier molecular flexibility index (Phi) is 6.22. The maximum atomic E-state index is 12.6. The summed E-state index contributed by atoms with van der Waals surface area (Å²) in [5.41, 5.74) is 5.69. The number of fused-ring (bicyclic) bond motifs is 1. The number of hydrogen-bond donors (Lipinski definition) is 2. The van der Waals surface area contributed by atoms with Gasteiger partial charge in [-0.2, -0.15) is 0 Å². The van der Waals surface area contributed by atoms with Gasteiger partial charge in [0.15, 0.2) is 18.5 Å². The van der Waals surface area contributed by atoms with Crippen LogP contribution in [0.2, 0.25) is 0 Å². The summed E-state index contributed by atoms with van der Waals surface area (Å²) in [5, 5.41) is 4.08. The molecule has 3 atom stereocenters. The number of nitrogens with two attached hydrogens (primary N) is 1. The molecule has 2 rings (SSSR count). The highest BCUT2D eigenvalue weighted by Crippen LogP contribution is 2.42. The summed E-state index contributed by atoms with van der Waals surface area (Å²) in [5.74, 6) is -1.05. The van der Waals surface area contributed by atoms with Gasteiger partial charge in [0.25, 0.3) is 0 Å². The largest absolute Gasteiger partial charge is 0.559 e. The normalized spacial score (nSPS) is 25.2. The molecule has 1 saturated heterocycles. The maximum absolute atomic E-state index is 12.6. The molecule has 0 spiro atoms. The lowest BCUT2D eigenvalue weighted by Gasteiger charge is -2.26. The van der Waals surface area contributed by atoms with Gasteiger partial charge in [-0.3, -0.25) is 4.79 Å². The van der Waals surface area contributed by atoms with Crippen LogP contribution in [0.4, 0.5) is 0 Å². The zero-order chi connectivity index (χ0) is 18.0. The van der Waals surface area contributed by atoms with Crippen LogP contribution in [-0.4, -0.2) is 46.5 Å². The molecule has 0 saturated carbocycles. The van der Waals surface area contributed by atoms with E-state index in [1.54, 1.807) is 6.92 Å². The molecular formula is C13H22N4O5PS+. The van der Waals surface area contributed by atoms with Gasteiger partial charge < -0.3 is 15.2 Å². The summed E-state index contributed by atoms with van der Waals surface area (Å²) in [6.07, 6.45) is 0. The van der Waals surface area contributed by atoms with Gasteiger partial charge in [0.05, 0.1) is 6.61 Å². The Morgan fingerprint density at radius 2 is 2.21 bits per heavy atom. The van der Waals surface area contributed by atoms with Crippen molar-refractivity contribution in [3.63, 3.8) is 0 Å². The minimum absolute atomic E-state index is 0.0715. The Labute approximate surface area is 145 Å². The van der Waals surface area contributed by atoms with E-state index in [9.17, 15) is 14.2 Å². The van der Waals surface area contributed by atoms with Gasteiger partial charge in [0.2, 0.25) is 0 Å². The standard InChI is InChI=1S/C13H22N4O5PS/c1-5-21-11(18)8(4)16-6-22-12(19)9-10(7(2)3)24-13(14)17(9)15-23(16)20/h7-8,13H,5-6,14H2,1-4H3,(H,15,20)/q+1/t8-,13?/m0/s1. The SMILES string of the molecule is CCOC(=O)[C@H](C)N1COC(=O)C2=C(C(C)C)SC(N)N2N[P+]1=O. The van der Waals surface area contributed by atoms with Gasteiger partial charge in [-0.05, 0) is 29.0 Å². The van der Waals surface area contributed by atoms with E-state index >= 15 is 0 Å². The third kappa shape index (κ3) is 3.73. The van der Waals surface area contributed by atoms with E-state index in [0.29, 0.717) is 0 Å². The lowest BCUT2D eigenvalue weighted by atomic mass is 10.2. The van der Waals surface area contributed by atoms with Crippen molar-refractivity contribution in [2.75, 3.05) is 13.3 Å². The van der Waals surface area contributed by atoms with Gasteiger partial charge in [0, 0.05) is 10.1 Å². The lowest BCUT2D eigenvalue weighted by molar-refractivity contribution is -0.153. The summed E-state index contributed by atoms with van der Waals surface area (Å²) >= 11 is 1.31. The first kappa shape index (κ1) is 19.1. The van der Waals surface area contributed by atoms with Crippen molar-refractivity contribution in [1.82, 2.24) is 14.9 Å². The second-order valence-electron chi connectivity index (χ2n) is 5.55. The first-order valence-electron chi connectivity index (χ1n) is 7.57. The zero-order valence-corrected chi connectivity index (χ0v) is 15.7. The number of hydrogen-bond acceptors (Lipinski definition) is 8. The number of carbonyl (C=O) groups excluding carboxylic acids is 2. The molecule has 24 heavy (non-hydrogen) atoms. The fourth-order valence-electron chi connectivity index (χ4n) is 2.25. The zero-order valence-electron chi connectivity index (χ0n) is 14.0. The van der Waals surface area contributed by atoms with Crippen LogP contribution in [0.15, 0.2) is 10.6 Å². The average Bonchev–Trinajstić information content (AvgIpc) is 2.83. The van der Waals surface area contributed by atoms with Gasteiger partial charge >= 0.3 is 20.0 Å². The molecule has 0 aromatic rings. The average molecular weight is 377 g/mol. The Bertz CT molecular complexity index is 585. The number of thioether (sulfide) groups is 1. The van der Waals surface area contributed by atoms with Crippen molar-refractivity contribution in [2.24, 2.45) is 11.7 Å². The molecular weight excluding hydrogens is 355 g/mol. The lowest BCUT2D eigenvalue weighted by Crippen LogP contribution is -2.49. The molecule has 2 heterocycles. The Morgan fingerprint density at radius 1 is 1.54 bits per heavy atom. The molecule has 134 valence electrons. The monoisotopic (exact) mass is 377 g/mol. The smallest absolute Gasteiger partial charge is 0.465 e. The second-order valence-corrected chi connectivity index (χ2v) is 7.97. The molecule has 0 aliphatic carbocycles. The third-order valence-electron chi connectivity index (χ3n) is 3.52. The molecule has 0 aromatic heterocycles. The number of ether oxygens (including phenoxy) is 2. The molecule has 3 N–H and O–H groups in total. The fraction of sp³-hybridized carbons (Fsp3) is 0.692. The predicted octanol–water partition coefficient (Wildman–Crippen LogP) is 1.07. The van der Waals surface area contributed by atoms with E-state index < -0.39 is 31.6 Å². The van der Waals surface area contributed by atoms with Crippen molar-refractivity contribution in [3.8, 4) is 0 Å². The van der Waals surface area contributed by atoms with E-state index in [-0.39, 0.29) is 25.0 Å². The van der Waals surface area contributed by atoms with Crippen LogP contribution in [0.5, 0.6) is 0 Å². The fourth-order valence-corrected chi connectivity index (χ4v) is 4.51. The predicted molar refractivity (Wildman–Crippen MR) is 88.9 cm³/mol. The van der Waals surface area contributed by atoms with Crippen LogP contribution in [0.1, 0.15) is 27.7 Å². The summed E-state index contributed by atoms with van der Waals surface area (Å²) in [4.78, 5) is 25.1. The molecule has 1 fully saturated rings. The minimum atomic E-state index is -2.24. The van der Waals surface area contributed by atoms with E-state index in [1.807, 2.05) is 13.8 Å². The number of carbonyl (C=O) groups is 2. The van der Waals surface area contributed by atoms with Crippen molar-refractivity contribution < 1.29 is 23.6 Å². The Balaban J connectivity index is 2.26. The number of nitrogens with one attached hydrogen (secondary N) is 1. The van der Waals surface area contributed by atoms with Crippen molar-refractivity contribution in [2.45, 2.75) is 39.2 Å².